The summed E-state index contributed by atoms with van der Waals surface area (Å²) in [6.45, 7) is 0.704. The molecule has 2 heterocycles. The highest BCUT2D eigenvalue weighted by molar-refractivity contribution is 9.10. The lowest BCUT2D eigenvalue weighted by Crippen LogP contribution is -2.34. The Balaban J connectivity index is 1.66. The van der Waals surface area contributed by atoms with E-state index in [1.54, 1.807) is 29.5 Å². The Hall–Kier alpha value is -1.66. The van der Waals surface area contributed by atoms with Crippen molar-refractivity contribution in [1.29, 1.82) is 0 Å². The number of hydrogen-bond acceptors (Lipinski definition) is 4. The molecule has 1 aromatic carbocycles. The molecular formula is C17H16BrNO3S. The zero-order valence-corrected chi connectivity index (χ0v) is 14.8. The maximum atomic E-state index is 12.5. The van der Waals surface area contributed by atoms with Gasteiger partial charge < -0.3 is 9.64 Å². The van der Waals surface area contributed by atoms with Crippen molar-refractivity contribution in [2.45, 2.75) is 18.9 Å². The molecule has 1 amide bonds. The molecule has 1 aliphatic heterocycles. The Labute approximate surface area is 147 Å². The van der Waals surface area contributed by atoms with Crippen LogP contribution in [0.2, 0.25) is 0 Å². The Morgan fingerprint density at radius 3 is 3.04 bits per heavy atom. The fourth-order valence-corrected chi connectivity index (χ4v) is 4.06. The Morgan fingerprint density at radius 1 is 1.43 bits per heavy atom. The third-order valence-corrected chi connectivity index (χ3v) is 5.36. The van der Waals surface area contributed by atoms with Crippen molar-refractivity contribution in [3.05, 3.63) is 50.6 Å². The third kappa shape index (κ3) is 3.64. The number of ether oxygens (including phenoxy) is 1. The van der Waals surface area contributed by atoms with Crippen LogP contribution in [0.4, 0.5) is 0 Å². The van der Waals surface area contributed by atoms with E-state index in [4.69, 9.17) is 4.74 Å². The van der Waals surface area contributed by atoms with E-state index in [2.05, 4.69) is 22.0 Å². The number of carbonyl (C=O) groups excluding carboxylic acids is 2. The van der Waals surface area contributed by atoms with Gasteiger partial charge in [-0.15, -0.1) is 11.3 Å². The van der Waals surface area contributed by atoms with Crippen LogP contribution in [0.15, 0.2) is 40.2 Å². The molecule has 1 aromatic heterocycles. The van der Waals surface area contributed by atoms with E-state index in [1.165, 1.54) is 4.88 Å². The van der Waals surface area contributed by atoms with Gasteiger partial charge in [0.15, 0.2) is 12.9 Å². The summed E-state index contributed by atoms with van der Waals surface area (Å²) in [4.78, 5) is 26.7. The van der Waals surface area contributed by atoms with Gasteiger partial charge in [0, 0.05) is 15.9 Å². The fraction of sp³-hybridized carbons (Fsp3) is 0.294. The van der Waals surface area contributed by atoms with Gasteiger partial charge in [-0.1, -0.05) is 22.0 Å². The molecule has 1 fully saturated rings. The summed E-state index contributed by atoms with van der Waals surface area (Å²) in [7, 11) is 0. The molecular weight excluding hydrogens is 378 g/mol. The summed E-state index contributed by atoms with van der Waals surface area (Å²) in [6.07, 6.45) is 2.73. The highest BCUT2D eigenvalue weighted by Crippen LogP contribution is 2.34. The van der Waals surface area contributed by atoms with Crippen molar-refractivity contribution in [2.24, 2.45) is 0 Å². The quantitative estimate of drug-likeness (QED) is 0.719. The number of hydrogen-bond donors (Lipinski definition) is 0. The van der Waals surface area contributed by atoms with Crippen LogP contribution in [0.5, 0.6) is 5.75 Å². The highest BCUT2D eigenvalue weighted by atomic mass is 79.9. The van der Waals surface area contributed by atoms with Crippen molar-refractivity contribution in [3.63, 3.8) is 0 Å². The molecule has 4 nitrogen and oxygen atoms in total. The summed E-state index contributed by atoms with van der Waals surface area (Å²) >= 11 is 4.99. The lowest BCUT2D eigenvalue weighted by Gasteiger charge is -2.24. The number of benzene rings is 1. The van der Waals surface area contributed by atoms with Crippen LogP contribution in [0, 0.1) is 0 Å². The monoisotopic (exact) mass is 393 g/mol. The van der Waals surface area contributed by atoms with Gasteiger partial charge in [0.25, 0.3) is 5.91 Å². The van der Waals surface area contributed by atoms with E-state index in [0.717, 1.165) is 30.1 Å². The molecule has 1 unspecified atom stereocenters. The van der Waals surface area contributed by atoms with Gasteiger partial charge in [0.2, 0.25) is 0 Å². The van der Waals surface area contributed by atoms with Gasteiger partial charge in [-0.05, 0) is 42.5 Å². The summed E-state index contributed by atoms with van der Waals surface area (Å²) in [5.41, 5.74) is 0.434. The first kappa shape index (κ1) is 16.2. The highest BCUT2D eigenvalue weighted by Gasteiger charge is 2.30. The molecule has 2 aromatic rings. The molecule has 0 spiro atoms. The van der Waals surface area contributed by atoms with Gasteiger partial charge >= 0.3 is 0 Å². The minimum absolute atomic E-state index is 0.0410. The first-order valence-electron chi connectivity index (χ1n) is 7.39. The Kier molecular flexibility index (Phi) is 5.13. The zero-order chi connectivity index (χ0) is 16.2. The lowest BCUT2D eigenvalue weighted by molar-refractivity contribution is -0.134. The number of rotatable bonds is 5. The maximum absolute atomic E-state index is 12.5. The van der Waals surface area contributed by atoms with Crippen molar-refractivity contribution in [1.82, 2.24) is 4.90 Å². The predicted molar refractivity (Wildman–Crippen MR) is 93.0 cm³/mol. The molecule has 0 saturated carbocycles. The molecule has 0 radical (unpaired) electrons. The van der Waals surface area contributed by atoms with E-state index >= 15 is 0 Å². The largest absolute Gasteiger partial charge is 0.483 e. The minimum Gasteiger partial charge on any atom is -0.483 e. The molecule has 0 aliphatic carbocycles. The van der Waals surface area contributed by atoms with Gasteiger partial charge in [-0.2, -0.15) is 0 Å². The van der Waals surface area contributed by atoms with Crippen molar-refractivity contribution in [2.75, 3.05) is 13.2 Å². The first-order chi connectivity index (χ1) is 11.2. The molecule has 3 rings (SSSR count). The average Bonchev–Trinajstić information content (AvgIpc) is 3.23. The molecule has 0 N–H and O–H groups in total. The summed E-state index contributed by atoms with van der Waals surface area (Å²) in [6, 6.07) is 9.40. The van der Waals surface area contributed by atoms with Gasteiger partial charge in [0.1, 0.15) is 5.75 Å². The van der Waals surface area contributed by atoms with E-state index < -0.39 is 0 Å². The second-order valence-electron chi connectivity index (χ2n) is 5.35. The number of halogens is 1. The molecule has 120 valence electrons. The number of amides is 1. The number of carbonyl (C=O) groups is 2. The smallest absolute Gasteiger partial charge is 0.261 e. The van der Waals surface area contributed by atoms with Crippen molar-refractivity contribution in [3.8, 4) is 5.75 Å². The van der Waals surface area contributed by atoms with Crippen LogP contribution < -0.4 is 4.74 Å². The second kappa shape index (κ2) is 7.27. The normalized spacial score (nSPS) is 17.3. The van der Waals surface area contributed by atoms with E-state index in [-0.39, 0.29) is 18.6 Å². The zero-order valence-electron chi connectivity index (χ0n) is 12.4. The molecule has 6 heteroatoms. The van der Waals surface area contributed by atoms with E-state index in [9.17, 15) is 9.59 Å². The van der Waals surface area contributed by atoms with E-state index in [1.807, 2.05) is 16.3 Å². The molecule has 1 aliphatic rings. The SMILES string of the molecule is O=Cc1cc(Br)ccc1OCC(=O)N1CCCC1c1cccs1. The first-order valence-corrected chi connectivity index (χ1v) is 9.06. The topological polar surface area (TPSA) is 46.6 Å². The molecule has 1 saturated heterocycles. The van der Waals surface area contributed by atoms with Crippen LogP contribution in [0.3, 0.4) is 0 Å². The lowest BCUT2D eigenvalue weighted by atomic mass is 10.2. The molecule has 0 bridgehead atoms. The van der Waals surface area contributed by atoms with Crippen molar-refractivity contribution >= 4 is 39.5 Å². The minimum atomic E-state index is -0.0512. The number of thiophene rings is 1. The predicted octanol–water partition coefficient (Wildman–Crippen LogP) is 4.07. The van der Waals surface area contributed by atoms with Crippen LogP contribution in [0.25, 0.3) is 0 Å². The average molecular weight is 394 g/mol. The maximum Gasteiger partial charge on any atom is 0.261 e. The number of likely N-dealkylation sites (tertiary alicyclic amines) is 1. The third-order valence-electron chi connectivity index (χ3n) is 3.89. The van der Waals surface area contributed by atoms with Crippen LogP contribution >= 0.6 is 27.3 Å². The van der Waals surface area contributed by atoms with Crippen molar-refractivity contribution < 1.29 is 14.3 Å². The number of aldehydes is 1. The second-order valence-corrected chi connectivity index (χ2v) is 7.24. The summed E-state index contributed by atoms with van der Waals surface area (Å²) in [5, 5.41) is 2.03. The number of nitrogens with zero attached hydrogens (tertiary/aromatic N) is 1. The Bertz CT molecular complexity index is 702. The van der Waals surface area contributed by atoms with Gasteiger partial charge in [0.05, 0.1) is 11.6 Å². The van der Waals surface area contributed by atoms with Gasteiger partial charge in [-0.25, -0.2) is 0 Å². The standard InChI is InChI=1S/C17H16BrNO3S/c18-13-5-6-15(12(9-13)10-20)22-11-17(21)19-7-1-3-14(19)16-4-2-8-23-16/h2,4-6,8-10,14H,1,3,7,11H2. The van der Waals surface area contributed by atoms with Crippen LogP contribution in [-0.2, 0) is 4.79 Å². The van der Waals surface area contributed by atoms with Crippen LogP contribution in [0.1, 0.15) is 34.1 Å². The fourth-order valence-electron chi connectivity index (χ4n) is 2.81. The summed E-state index contributed by atoms with van der Waals surface area (Å²) in [5.74, 6) is 0.393. The van der Waals surface area contributed by atoms with E-state index in [0.29, 0.717) is 11.3 Å². The summed E-state index contributed by atoms with van der Waals surface area (Å²) < 4.78 is 6.38. The Morgan fingerprint density at radius 2 is 2.30 bits per heavy atom. The molecule has 1 atom stereocenters. The van der Waals surface area contributed by atoms with Gasteiger partial charge in [-0.3, -0.25) is 9.59 Å². The van der Waals surface area contributed by atoms with Crippen LogP contribution in [-0.4, -0.2) is 30.2 Å². The molecule has 23 heavy (non-hydrogen) atoms.